The molecule has 5 heteroatoms. The molecule has 0 aromatic rings. The number of unbranched alkanes of at least 4 members (excludes halogenated alkanes) is 7. The van der Waals surface area contributed by atoms with Crippen molar-refractivity contribution in [1.29, 1.82) is 0 Å². The van der Waals surface area contributed by atoms with E-state index >= 15 is 0 Å². The van der Waals surface area contributed by atoms with Crippen LogP contribution in [0.25, 0.3) is 0 Å². The number of rotatable bonds is 15. The molecule has 0 saturated heterocycles. The first kappa shape index (κ1) is 18.9. The summed E-state index contributed by atoms with van der Waals surface area (Å²) >= 11 is 0. The highest BCUT2D eigenvalue weighted by molar-refractivity contribution is 5.66. The Morgan fingerprint density at radius 2 is 0.950 bits per heavy atom. The van der Waals surface area contributed by atoms with Gasteiger partial charge >= 0.3 is 11.9 Å². The topological polar surface area (TPSA) is 83.8 Å². The summed E-state index contributed by atoms with van der Waals surface area (Å²) in [6.45, 7) is 1.41. The third-order valence-electron chi connectivity index (χ3n) is 3.11. The molecule has 0 spiro atoms. The molecule has 0 rings (SSSR count). The summed E-state index contributed by atoms with van der Waals surface area (Å²) in [6.07, 6.45) is 9.46. The Hall–Kier alpha value is -1.10. The smallest absolute Gasteiger partial charge is 0.303 e. The van der Waals surface area contributed by atoms with Crippen molar-refractivity contribution >= 4 is 11.9 Å². The van der Waals surface area contributed by atoms with Gasteiger partial charge in [-0.25, -0.2) is 0 Å². The number of carboxylic acid groups (broad SMARTS) is 2. The van der Waals surface area contributed by atoms with E-state index in [2.05, 4.69) is 0 Å². The fourth-order valence-corrected chi connectivity index (χ4v) is 1.95. The van der Waals surface area contributed by atoms with Crippen molar-refractivity contribution in [2.45, 2.75) is 70.6 Å². The lowest BCUT2D eigenvalue weighted by molar-refractivity contribution is -0.138. The first-order valence-corrected chi connectivity index (χ1v) is 7.64. The van der Waals surface area contributed by atoms with E-state index in [0.29, 0.717) is 13.0 Å². The second kappa shape index (κ2) is 14.3. The minimum atomic E-state index is -0.742. The fraction of sp³-hybridized carbons (Fsp3) is 0.867. The number of hydrogen-bond acceptors (Lipinski definition) is 3. The SMILES string of the molecule is O=C(O)CCCCCCCCCOCCCCC(=O)O. The number of hydrogen-bond donors (Lipinski definition) is 2. The molecule has 5 nitrogen and oxygen atoms in total. The van der Waals surface area contributed by atoms with Crippen molar-refractivity contribution < 1.29 is 24.5 Å². The molecule has 0 heterocycles. The van der Waals surface area contributed by atoms with E-state index in [1.165, 1.54) is 6.42 Å². The molecule has 0 aliphatic heterocycles. The van der Waals surface area contributed by atoms with E-state index in [1.807, 2.05) is 0 Å². The van der Waals surface area contributed by atoms with Crippen LogP contribution in [0.2, 0.25) is 0 Å². The zero-order valence-electron chi connectivity index (χ0n) is 12.3. The largest absolute Gasteiger partial charge is 0.481 e. The molecule has 2 N–H and O–H groups in total. The van der Waals surface area contributed by atoms with Gasteiger partial charge in [0.2, 0.25) is 0 Å². The average Bonchev–Trinajstić information content (AvgIpc) is 2.38. The highest BCUT2D eigenvalue weighted by Gasteiger charge is 1.98. The van der Waals surface area contributed by atoms with Gasteiger partial charge in [-0.05, 0) is 25.7 Å². The summed E-state index contributed by atoms with van der Waals surface area (Å²) in [4.78, 5) is 20.6. The van der Waals surface area contributed by atoms with Crippen molar-refractivity contribution in [1.82, 2.24) is 0 Å². The molecule has 118 valence electrons. The molecule has 0 unspecified atom stereocenters. The average molecular weight is 288 g/mol. The molecule has 20 heavy (non-hydrogen) atoms. The highest BCUT2D eigenvalue weighted by Crippen LogP contribution is 2.08. The predicted molar refractivity (Wildman–Crippen MR) is 76.9 cm³/mol. The summed E-state index contributed by atoms with van der Waals surface area (Å²) < 4.78 is 5.43. The van der Waals surface area contributed by atoms with Gasteiger partial charge in [-0.2, -0.15) is 0 Å². The van der Waals surface area contributed by atoms with Crippen LogP contribution in [0.4, 0.5) is 0 Å². The van der Waals surface area contributed by atoms with Crippen molar-refractivity contribution in [3.63, 3.8) is 0 Å². The zero-order valence-corrected chi connectivity index (χ0v) is 12.3. The number of aliphatic carboxylic acids is 2. The van der Waals surface area contributed by atoms with Gasteiger partial charge in [0.15, 0.2) is 0 Å². The maximum atomic E-state index is 10.3. The molecule has 0 aliphatic carbocycles. The minimum Gasteiger partial charge on any atom is -0.481 e. The lowest BCUT2D eigenvalue weighted by Crippen LogP contribution is -1.99. The fourth-order valence-electron chi connectivity index (χ4n) is 1.95. The summed E-state index contributed by atoms with van der Waals surface area (Å²) in [5, 5.41) is 16.9. The lowest BCUT2D eigenvalue weighted by atomic mass is 10.1. The Kier molecular flexibility index (Phi) is 13.5. The summed E-state index contributed by atoms with van der Waals surface area (Å²) in [5.74, 6) is -1.45. The van der Waals surface area contributed by atoms with Crippen LogP contribution in [-0.4, -0.2) is 35.4 Å². The molecular formula is C15H28O5. The Morgan fingerprint density at radius 1 is 0.600 bits per heavy atom. The quantitative estimate of drug-likeness (QED) is 0.451. The Labute approximate surface area is 121 Å². The number of ether oxygens (including phenoxy) is 1. The molecule has 0 atom stereocenters. The Balaban J connectivity index is 2.99. The van der Waals surface area contributed by atoms with Crippen LogP contribution < -0.4 is 0 Å². The van der Waals surface area contributed by atoms with Crippen molar-refractivity contribution in [3.05, 3.63) is 0 Å². The van der Waals surface area contributed by atoms with E-state index in [9.17, 15) is 9.59 Å². The Morgan fingerprint density at radius 3 is 1.45 bits per heavy atom. The predicted octanol–water partition coefficient (Wildman–Crippen LogP) is 3.46. The lowest BCUT2D eigenvalue weighted by Gasteiger charge is -2.04. The van der Waals surface area contributed by atoms with Crippen LogP contribution in [0, 0.1) is 0 Å². The highest BCUT2D eigenvalue weighted by atomic mass is 16.5. The third-order valence-corrected chi connectivity index (χ3v) is 3.11. The normalized spacial score (nSPS) is 10.6. The van der Waals surface area contributed by atoms with E-state index in [-0.39, 0.29) is 12.8 Å². The number of carboxylic acids is 2. The molecule has 0 aliphatic rings. The summed E-state index contributed by atoms with van der Waals surface area (Å²) in [6, 6.07) is 0. The van der Waals surface area contributed by atoms with Gasteiger partial charge in [0.25, 0.3) is 0 Å². The van der Waals surface area contributed by atoms with Crippen LogP contribution in [0.5, 0.6) is 0 Å². The third kappa shape index (κ3) is 16.9. The van der Waals surface area contributed by atoms with Crippen molar-refractivity contribution in [2.24, 2.45) is 0 Å². The first-order valence-electron chi connectivity index (χ1n) is 7.64. The molecule has 0 amide bonds. The van der Waals surface area contributed by atoms with Crippen LogP contribution in [0.15, 0.2) is 0 Å². The summed E-state index contributed by atoms with van der Waals surface area (Å²) in [5.41, 5.74) is 0. The van der Waals surface area contributed by atoms with Crippen molar-refractivity contribution in [3.8, 4) is 0 Å². The van der Waals surface area contributed by atoms with E-state index in [4.69, 9.17) is 14.9 Å². The van der Waals surface area contributed by atoms with Crippen LogP contribution in [-0.2, 0) is 14.3 Å². The van der Waals surface area contributed by atoms with Gasteiger partial charge in [0.05, 0.1) is 0 Å². The van der Waals surface area contributed by atoms with Gasteiger partial charge in [-0.1, -0.05) is 32.1 Å². The van der Waals surface area contributed by atoms with Crippen molar-refractivity contribution in [2.75, 3.05) is 13.2 Å². The number of carbonyl (C=O) groups is 2. The molecule has 0 fully saturated rings. The van der Waals surface area contributed by atoms with Gasteiger partial charge in [0, 0.05) is 26.1 Å². The molecule has 0 radical (unpaired) electrons. The minimum absolute atomic E-state index is 0.227. The maximum absolute atomic E-state index is 10.3. The second-order valence-corrected chi connectivity index (χ2v) is 5.08. The van der Waals surface area contributed by atoms with E-state index in [1.54, 1.807) is 0 Å². The van der Waals surface area contributed by atoms with E-state index in [0.717, 1.165) is 51.6 Å². The first-order chi connectivity index (χ1) is 9.63. The van der Waals surface area contributed by atoms with Crippen LogP contribution >= 0.6 is 0 Å². The molecule has 0 aromatic carbocycles. The molecule has 0 aromatic heterocycles. The molecule has 0 bridgehead atoms. The standard InChI is InChI=1S/C15H28O5/c16-14(17)10-6-4-2-1-3-5-8-12-20-13-9-7-11-15(18)19/h1-13H2,(H,16,17)(H,18,19). The second-order valence-electron chi connectivity index (χ2n) is 5.08. The monoisotopic (exact) mass is 288 g/mol. The van der Waals surface area contributed by atoms with E-state index < -0.39 is 11.9 Å². The van der Waals surface area contributed by atoms with Crippen LogP contribution in [0.1, 0.15) is 70.6 Å². The van der Waals surface area contributed by atoms with Gasteiger partial charge < -0.3 is 14.9 Å². The van der Waals surface area contributed by atoms with Gasteiger partial charge in [-0.15, -0.1) is 0 Å². The molecular weight excluding hydrogens is 260 g/mol. The zero-order chi connectivity index (χ0) is 15.1. The van der Waals surface area contributed by atoms with Gasteiger partial charge in [0.1, 0.15) is 0 Å². The maximum Gasteiger partial charge on any atom is 0.303 e. The molecule has 0 saturated carbocycles. The Bertz CT molecular complexity index is 227. The van der Waals surface area contributed by atoms with Crippen LogP contribution in [0.3, 0.4) is 0 Å². The summed E-state index contributed by atoms with van der Waals surface area (Å²) in [7, 11) is 0. The van der Waals surface area contributed by atoms with Gasteiger partial charge in [-0.3, -0.25) is 9.59 Å².